The van der Waals surface area contributed by atoms with Crippen LogP contribution in [0.4, 0.5) is 0 Å². The van der Waals surface area contributed by atoms with Crippen molar-refractivity contribution >= 4 is 28.2 Å². The molecule has 0 aliphatic heterocycles. The van der Waals surface area contributed by atoms with Gasteiger partial charge in [0.15, 0.2) is 4.96 Å². The van der Waals surface area contributed by atoms with Crippen molar-refractivity contribution in [3.63, 3.8) is 0 Å². The Morgan fingerprint density at radius 1 is 1.50 bits per heavy atom. The van der Waals surface area contributed by atoms with Gasteiger partial charge in [-0.25, -0.2) is 9.78 Å². The molecule has 0 bridgehead atoms. The van der Waals surface area contributed by atoms with E-state index >= 15 is 0 Å². The van der Waals surface area contributed by atoms with Crippen molar-refractivity contribution in [3.8, 4) is 0 Å². The van der Waals surface area contributed by atoms with Gasteiger partial charge in [0.2, 0.25) is 0 Å². The molecule has 0 fully saturated rings. The first-order valence-corrected chi connectivity index (χ1v) is 7.74. The summed E-state index contributed by atoms with van der Waals surface area (Å²) in [6.45, 7) is 5.31. The largest absolute Gasteiger partial charge is 0.480 e. The minimum Gasteiger partial charge on any atom is -0.480 e. The fourth-order valence-corrected chi connectivity index (χ4v) is 2.91. The number of hydrogen-bond donors (Lipinski definition) is 2. The molecule has 0 radical (unpaired) electrons. The molecule has 2 aromatic rings. The molecule has 0 spiro atoms. The fourth-order valence-electron chi connectivity index (χ4n) is 2.08. The van der Waals surface area contributed by atoms with Gasteiger partial charge in [0.05, 0.1) is 0 Å². The van der Waals surface area contributed by atoms with Crippen LogP contribution in [0.15, 0.2) is 16.4 Å². The Morgan fingerprint density at radius 3 is 2.77 bits per heavy atom. The third kappa shape index (κ3) is 2.87. The number of fused-ring (bicyclic) bond motifs is 1. The first-order valence-electron chi connectivity index (χ1n) is 6.86. The fraction of sp³-hybridized carbons (Fsp3) is 0.429. The van der Waals surface area contributed by atoms with E-state index < -0.39 is 23.5 Å². The number of aryl methyl sites for hydroxylation is 1. The zero-order chi connectivity index (χ0) is 16.4. The minimum atomic E-state index is -1.12. The van der Waals surface area contributed by atoms with Crippen molar-refractivity contribution in [1.29, 1.82) is 0 Å². The zero-order valence-electron chi connectivity index (χ0n) is 12.5. The smallest absolute Gasteiger partial charge is 0.326 e. The highest BCUT2D eigenvalue weighted by molar-refractivity contribution is 7.15. The Hall–Kier alpha value is -2.22. The Balaban J connectivity index is 2.37. The van der Waals surface area contributed by atoms with E-state index in [4.69, 9.17) is 0 Å². The molecule has 0 aliphatic rings. The number of rotatable bonds is 5. The number of aromatic nitrogens is 2. The van der Waals surface area contributed by atoms with E-state index in [0.717, 1.165) is 0 Å². The molecule has 2 rings (SSSR count). The van der Waals surface area contributed by atoms with Gasteiger partial charge in [-0.1, -0.05) is 20.3 Å². The van der Waals surface area contributed by atoms with Gasteiger partial charge in [0.25, 0.3) is 11.5 Å². The molecule has 0 aromatic carbocycles. The second kappa shape index (κ2) is 6.27. The minimum absolute atomic E-state index is 0.159. The molecular formula is C14H17N3O4S. The van der Waals surface area contributed by atoms with Crippen molar-refractivity contribution < 1.29 is 14.7 Å². The number of nitrogens with zero attached hydrogens (tertiary/aromatic N) is 2. The molecule has 2 aromatic heterocycles. The number of carbonyl (C=O) groups excluding carboxylic acids is 1. The maximum absolute atomic E-state index is 12.4. The van der Waals surface area contributed by atoms with Gasteiger partial charge < -0.3 is 10.4 Å². The predicted molar refractivity (Wildman–Crippen MR) is 82.4 cm³/mol. The molecule has 0 saturated carbocycles. The van der Waals surface area contributed by atoms with Crippen molar-refractivity contribution in [3.05, 3.63) is 33.2 Å². The van der Waals surface area contributed by atoms with E-state index in [1.54, 1.807) is 19.2 Å². The maximum Gasteiger partial charge on any atom is 0.326 e. The molecule has 8 heteroatoms. The monoisotopic (exact) mass is 323 g/mol. The Kier molecular flexibility index (Phi) is 4.60. The molecule has 2 N–H and O–H groups in total. The van der Waals surface area contributed by atoms with Gasteiger partial charge in [-0.3, -0.25) is 14.0 Å². The van der Waals surface area contributed by atoms with Crippen molar-refractivity contribution in [1.82, 2.24) is 14.7 Å². The Labute approximate surface area is 130 Å². The molecule has 2 heterocycles. The molecule has 0 aliphatic carbocycles. The summed E-state index contributed by atoms with van der Waals surface area (Å²) in [6, 6.07) is -1.04. The van der Waals surface area contributed by atoms with Gasteiger partial charge in [-0.15, -0.1) is 11.3 Å². The molecule has 7 nitrogen and oxygen atoms in total. The predicted octanol–water partition coefficient (Wildman–Crippen LogP) is 1.29. The normalized spacial score (nSPS) is 13.8. The molecule has 0 saturated heterocycles. The van der Waals surface area contributed by atoms with E-state index in [1.807, 2.05) is 6.92 Å². The zero-order valence-corrected chi connectivity index (χ0v) is 13.3. The number of carboxylic acids is 1. The quantitative estimate of drug-likeness (QED) is 0.863. The van der Waals surface area contributed by atoms with E-state index in [-0.39, 0.29) is 11.5 Å². The third-order valence-corrected chi connectivity index (χ3v) is 4.58. The van der Waals surface area contributed by atoms with Crippen LogP contribution in [0.5, 0.6) is 0 Å². The molecule has 2 unspecified atom stereocenters. The maximum atomic E-state index is 12.4. The second-order valence-electron chi connectivity index (χ2n) is 5.15. The van der Waals surface area contributed by atoms with Crippen LogP contribution in [-0.2, 0) is 4.79 Å². The van der Waals surface area contributed by atoms with Gasteiger partial charge in [0.1, 0.15) is 11.6 Å². The second-order valence-corrected chi connectivity index (χ2v) is 5.98. The molecule has 1 amide bonds. The number of amides is 1. The number of nitrogens with one attached hydrogen (secondary N) is 1. The Morgan fingerprint density at radius 2 is 2.18 bits per heavy atom. The summed E-state index contributed by atoms with van der Waals surface area (Å²) in [4.78, 5) is 40.5. The van der Waals surface area contributed by atoms with Gasteiger partial charge >= 0.3 is 5.97 Å². The lowest BCUT2D eigenvalue weighted by molar-refractivity contribution is -0.140. The first kappa shape index (κ1) is 16.2. The topological polar surface area (TPSA) is 101 Å². The standard InChI is InChI=1S/C14H17N3O4S/c1-4-7(2)10(13(20)21)16-11(18)9-5-15-14-17(12(9)19)8(3)6-22-14/h5-7,10H,4H2,1-3H3,(H,16,18)(H,20,21). The summed E-state index contributed by atoms with van der Waals surface area (Å²) < 4.78 is 1.35. The summed E-state index contributed by atoms with van der Waals surface area (Å²) in [6.07, 6.45) is 1.79. The summed E-state index contributed by atoms with van der Waals surface area (Å²) in [7, 11) is 0. The van der Waals surface area contributed by atoms with Crippen molar-refractivity contribution in [2.45, 2.75) is 33.2 Å². The molecular weight excluding hydrogens is 306 g/mol. The van der Waals surface area contributed by atoms with Crippen LogP contribution in [0.25, 0.3) is 4.96 Å². The van der Waals surface area contributed by atoms with Crippen LogP contribution >= 0.6 is 11.3 Å². The summed E-state index contributed by atoms with van der Waals surface area (Å²) in [5, 5.41) is 13.4. The number of hydrogen-bond acceptors (Lipinski definition) is 5. The van der Waals surface area contributed by atoms with Crippen LogP contribution in [0.1, 0.15) is 36.3 Å². The lowest BCUT2D eigenvalue weighted by atomic mass is 9.99. The highest BCUT2D eigenvalue weighted by Crippen LogP contribution is 2.12. The van der Waals surface area contributed by atoms with Crippen LogP contribution < -0.4 is 10.9 Å². The van der Waals surface area contributed by atoms with Crippen molar-refractivity contribution in [2.75, 3.05) is 0 Å². The number of aliphatic carboxylic acids is 1. The van der Waals surface area contributed by atoms with Crippen LogP contribution in [0.3, 0.4) is 0 Å². The van der Waals surface area contributed by atoms with E-state index in [2.05, 4.69) is 10.3 Å². The molecule has 22 heavy (non-hydrogen) atoms. The van der Waals surface area contributed by atoms with Gasteiger partial charge in [-0.05, 0) is 12.8 Å². The average Bonchev–Trinajstić information content (AvgIpc) is 2.86. The number of carboxylic acid groups (broad SMARTS) is 1. The summed E-state index contributed by atoms with van der Waals surface area (Å²) >= 11 is 1.30. The first-order chi connectivity index (χ1) is 10.4. The van der Waals surface area contributed by atoms with Crippen molar-refractivity contribution in [2.24, 2.45) is 5.92 Å². The number of thiazole rings is 1. The highest BCUT2D eigenvalue weighted by Gasteiger charge is 2.27. The lowest BCUT2D eigenvalue weighted by Crippen LogP contribution is -2.46. The number of carbonyl (C=O) groups is 2. The summed E-state index contributed by atoms with van der Waals surface area (Å²) in [5.74, 6) is -2.09. The van der Waals surface area contributed by atoms with E-state index in [1.165, 1.54) is 21.9 Å². The van der Waals surface area contributed by atoms with Crippen LogP contribution in [0.2, 0.25) is 0 Å². The SMILES string of the molecule is CCC(C)C(NC(=O)c1cnc2scc(C)n2c1=O)C(=O)O. The summed E-state index contributed by atoms with van der Waals surface area (Å²) in [5.41, 5.74) is 0.0342. The lowest BCUT2D eigenvalue weighted by Gasteiger charge is -2.19. The van der Waals surface area contributed by atoms with Gasteiger partial charge in [-0.2, -0.15) is 0 Å². The molecule has 2 atom stereocenters. The third-order valence-electron chi connectivity index (χ3n) is 3.63. The van der Waals surface area contributed by atoms with Crippen LogP contribution in [0, 0.1) is 12.8 Å². The molecule has 118 valence electrons. The average molecular weight is 323 g/mol. The van der Waals surface area contributed by atoms with Gasteiger partial charge in [0, 0.05) is 17.3 Å². The van der Waals surface area contributed by atoms with E-state index in [0.29, 0.717) is 17.1 Å². The van der Waals surface area contributed by atoms with E-state index in [9.17, 15) is 19.5 Å². The Bertz CT molecular complexity index is 780. The van der Waals surface area contributed by atoms with Crippen LogP contribution in [-0.4, -0.2) is 32.4 Å². The highest BCUT2D eigenvalue weighted by atomic mass is 32.1.